The molecule has 2 amide bonds. The van der Waals surface area contributed by atoms with Gasteiger partial charge in [0, 0.05) is 22.3 Å². The number of benzene rings is 2. The third kappa shape index (κ3) is 5.52. The minimum atomic E-state index is -0.337. The molecule has 1 atom stereocenters. The van der Waals surface area contributed by atoms with Crippen LogP contribution in [0.25, 0.3) is 0 Å². The fourth-order valence-electron chi connectivity index (χ4n) is 2.97. The number of hydrogen-bond donors (Lipinski definition) is 2. The SMILES string of the molecule is CSc1ccc([C@@H]2CC(=O)NC(SCC(=O)Nc3ccc(Cl)cc3Cl)=C2C#N)cc1. The quantitative estimate of drug-likeness (QED) is 0.542. The molecule has 0 bridgehead atoms. The number of halogens is 2. The highest BCUT2D eigenvalue weighted by Gasteiger charge is 2.29. The molecule has 2 N–H and O–H groups in total. The molecule has 154 valence electrons. The molecule has 3 rings (SSSR count). The van der Waals surface area contributed by atoms with Crippen LogP contribution in [0.15, 0.2) is 58.0 Å². The first-order valence-corrected chi connectivity index (χ1v) is 11.8. The van der Waals surface area contributed by atoms with Crippen molar-refractivity contribution in [1.82, 2.24) is 5.32 Å². The van der Waals surface area contributed by atoms with E-state index in [4.69, 9.17) is 23.2 Å². The van der Waals surface area contributed by atoms with Crippen molar-refractivity contribution in [1.29, 1.82) is 5.26 Å². The van der Waals surface area contributed by atoms with E-state index in [1.807, 2.05) is 30.5 Å². The summed E-state index contributed by atoms with van der Waals surface area (Å²) in [4.78, 5) is 25.7. The smallest absolute Gasteiger partial charge is 0.234 e. The molecule has 0 aliphatic carbocycles. The van der Waals surface area contributed by atoms with Gasteiger partial charge >= 0.3 is 0 Å². The number of allylic oxidation sites excluding steroid dienone is 1. The second kappa shape index (κ2) is 10.3. The lowest BCUT2D eigenvalue weighted by molar-refractivity contribution is -0.121. The maximum Gasteiger partial charge on any atom is 0.234 e. The molecule has 0 spiro atoms. The number of nitrogens with zero attached hydrogens (tertiary/aromatic N) is 1. The predicted molar refractivity (Wildman–Crippen MR) is 124 cm³/mol. The first kappa shape index (κ1) is 22.6. The van der Waals surface area contributed by atoms with Crippen LogP contribution in [0, 0.1) is 11.3 Å². The van der Waals surface area contributed by atoms with Crippen LogP contribution in [0.2, 0.25) is 10.0 Å². The zero-order chi connectivity index (χ0) is 21.7. The van der Waals surface area contributed by atoms with Crippen LogP contribution in [0.4, 0.5) is 5.69 Å². The fraction of sp³-hybridized carbons (Fsp3) is 0.190. The topological polar surface area (TPSA) is 82.0 Å². The van der Waals surface area contributed by atoms with Crippen LogP contribution in [0.1, 0.15) is 17.9 Å². The standard InChI is InChI=1S/C21H17Cl2N3O2S2/c1-29-14-5-2-12(3-6-14)15-9-19(27)26-21(16(15)10-24)30-11-20(28)25-18-7-4-13(22)8-17(18)23/h2-8,15H,9,11H2,1H3,(H,25,28)(H,26,27)/t15-/m0/s1. The van der Waals surface area contributed by atoms with Crippen LogP contribution >= 0.6 is 46.7 Å². The monoisotopic (exact) mass is 477 g/mol. The summed E-state index contributed by atoms with van der Waals surface area (Å²) in [6.07, 6.45) is 2.18. The van der Waals surface area contributed by atoms with Gasteiger partial charge in [0.05, 0.1) is 33.1 Å². The van der Waals surface area contributed by atoms with Crippen molar-refractivity contribution in [2.45, 2.75) is 17.2 Å². The molecule has 9 heteroatoms. The van der Waals surface area contributed by atoms with Crippen LogP contribution in [-0.4, -0.2) is 23.8 Å². The van der Waals surface area contributed by atoms with Crippen molar-refractivity contribution in [3.63, 3.8) is 0 Å². The van der Waals surface area contributed by atoms with Gasteiger partial charge in [0.15, 0.2) is 0 Å². The Morgan fingerprint density at radius 2 is 2.00 bits per heavy atom. The number of anilines is 1. The van der Waals surface area contributed by atoms with E-state index >= 15 is 0 Å². The fourth-order valence-corrected chi connectivity index (χ4v) is 4.71. The minimum Gasteiger partial charge on any atom is -0.324 e. The summed E-state index contributed by atoms with van der Waals surface area (Å²) in [5.74, 6) is -0.819. The predicted octanol–water partition coefficient (Wildman–Crippen LogP) is 5.43. The Morgan fingerprint density at radius 3 is 2.63 bits per heavy atom. The Kier molecular flexibility index (Phi) is 7.73. The van der Waals surface area contributed by atoms with E-state index in [-0.39, 0.29) is 29.9 Å². The zero-order valence-corrected chi connectivity index (χ0v) is 19.0. The molecule has 1 aliphatic heterocycles. The Morgan fingerprint density at radius 1 is 1.27 bits per heavy atom. The molecule has 30 heavy (non-hydrogen) atoms. The Bertz CT molecular complexity index is 1050. The average Bonchev–Trinajstić information content (AvgIpc) is 2.74. The summed E-state index contributed by atoms with van der Waals surface area (Å²) >= 11 is 14.7. The van der Waals surface area contributed by atoms with Gasteiger partial charge < -0.3 is 10.6 Å². The summed E-state index contributed by atoms with van der Waals surface area (Å²) in [6, 6.07) is 14.8. The normalized spacial score (nSPS) is 16.1. The second-order valence-electron chi connectivity index (χ2n) is 6.39. The number of rotatable bonds is 6. The highest BCUT2D eigenvalue weighted by Crippen LogP contribution is 2.36. The van der Waals surface area contributed by atoms with Gasteiger partial charge in [-0.15, -0.1) is 11.8 Å². The van der Waals surface area contributed by atoms with Gasteiger partial charge in [-0.25, -0.2) is 0 Å². The Balaban J connectivity index is 1.75. The summed E-state index contributed by atoms with van der Waals surface area (Å²) in [5, 5.41) is 16.4. The first-order chi connectivity index (χ1) is 14.4. The van der Waals surface area contributed by atoms with Gasteiger partial charge in [0.1, 0.15) is 0 Å². The van der Waals surface area contributed by atoms with Crippen molar-refractivity contribution in [3.8, 4) is 6.07 Å². The molecule has 0 saturated heterocycles. The summed E-state index contributed by atoms with van der Waals surface area (Å²) < 4.78 is 0. The molecular weight excluding hydrogens is 461 g/mol. The van der Waals surface area contributed by atoms with Crippen LogP contribution in [0.3, 0.4) is 0 Å². The minimum absolute atomic E-state index is 0.0118. The molecule has 1 heterocycles. The van der Waals surface area contributed by atoms with E-state index in [0.29, 0.717) is 26.3 Å². The van der Waals surface area contributed by atoms with E-state index in [9.17, 15) is 14.9 Å². The lowest BCUT2D eigenvalue weighted by Gasteiger charge is -2.25. The zero-order valence-electron chi connectivity index (χ0n) is 15.9. The van der Waals surface area contributed by atoms with E-state index in [2.05, 4.69) is 16.7 Å². The maximum atomic E-state index is 12.3. The van der Waals surface area contributed by atoms with Crippen LogP contribution < -0.4 is 10.6 Å². The van der Waals surface area contributed by atoms with E-state index in [1.54, 1.807) is 23.9 Å². The van der Waals surface area contributed by atoms with Gasteiger partial charge in [-0.3, -0.25) is 9.59 Å². The van der Waals surface area contributed by atoms with E-state index in [1.165, 1.54) is 6.07 Å². The van der Waals surface area contributed by atoms with Crippen LogP contribution in [-0.2, 0) is 9.59 Å². The molecule has 2 aromatic rings. The highest BCUT2D eigenvalue weighted by molar-refractivity contribution is 8.03. The van der Waals surface area contributed by atoms with Crippen LogP contribution in [0.5, 0.6) is 0 Å². The lowest BCUT2D eigenvalue weighted by Crippen LogP contribution is -2.31. The number of nitriles is 1. The summed E-state index contributed by atoms with van der Waals surface area (Å²) in [5.41, 5.74) is 1.80. The summed E-state index contributed by atoms with van der Waals surface area (Å²) in [7, 11) is 0. The van der Waals surface area contributed by atoms with Gasteiger partial charge in [-0.1, -0.05) is 47.1 Å². The highest BCUT2D eigenvalue weighted by atomic mass is 35.5. The van der Waals surface area contributed by atoms with E-state index < -0.39 is 0 Å². The van der Waals surface area contributed by atoms with Crippen molar-refractivity contribution >= 4 is 64.2 Å². The molecule has 2 aromatic carbocycles. The third-order valence-electron chi connectivity index (χ3n) is 4.43. The Labute approximate surface area is 193 Å². The molecule has 0 fully saturated rings. The van der Waals surface area contributed by atoms with E-state index in [0.717, 1.165) is 22.2 Å². The molecule has 0 saturated carbocycles. The first-order valence-electron chi connectivity index (χ1n) is 8.87. The number of thioether (sulfide) groups is 2. The third-order valence-corrected chi connectivity index (χ3v) is 6.74. The number of nitrogens with one attached hydrogen (secondary N) is 2. The number of carbonyl (C=O) groups is 2. The van der Waals surface area contributed by atoms with Gasteiger partial charge in [0.2, 0.25) is 11.8 Å². The van der Waals surface area contributed by atoms with Crippen molar-refractivity contribution in [2.24, 2.45) is 0 Å². The number of amides is 2. The maximum absolute atomic E-state index is 12.3. The van der Waals surface area contributed by atoms with Crippen molar-refractivity contribution in [2.75, 3.05) is 17.3 Å². The number of carbonyl (C=O) groups excluding carboxylic acids is 2. The average molecular weight is 478 g/mol. The lowest BCUT2D eigenvalue weighted by atomic mass is 9.87. The van der Waals surface area contributed by atoms with Gasteiger partial charge in [0.25, 0.3) is 0 Å². The van der Waals surface area contributed by atoms with Gasteiger partial charge in [-0.05, 0) is 42.2 Å². The Hall–Kier alpha value is -2.11. The molecule has 0 aromatic heterocycles. The van der Waals surface area contributed by atoms with Gasteiger partial charge in [-0.2, -0.15) is 5.26 Å². The molecule has 5 nitrogen and oxygen atoms in total. The summed E-state index contributed by atoms with van der Waals surface area (Å²) in [6.45, 7) is 0. The van der Waals surface area contributed by atoms with Crippen molar-refractivity contribution < 1.29 is 9.59 Å². The van der Waals surface area contributed by atoms with Crippen molar-refractivity contribution in [3.05, 3.63) is 68.7 Å². The molecule has 1 aliphatic rings. The largest absolute Gasteiger partial charge is 0.324 e. The number of hydrogen-bond acceptors (Lipinski definition) is 5. The second-order valence-corrected chi connectivity index (χ2v) is 9.10. The molecule has 0 radical (unpaired) electrons. The molecular formula is C21H17Cl2N3O2S2. The molecule has 0 unspecified atom stereocenters.